The van der Waals surface area contributed by atoms with Crippen LogP contribution in [0.1, 0.15) is 11.8 Å². The van der Waals surface area contributed by atoms with Gasteiger partial charge in [-0.05, 0) is 12.1 Å². The number of amidine groups is 2. The van der Waals surface area contributed by atoms with Gasteiger partial charge in [-0.25, -0.2) is 15.0 Å². The molecule has 0 fully saturated rings. The molecule has 2 aliphatic heterocycles. The Morgan fingerprint density at radius 1 is 1.24 bits per heavy atom. The molecule has 2 unspecified atom stereocenters. The van der Waals surface area contributed by atoms with Crippen LogP contribution in [0, 0.1) is 0 Å². The molecule has 0 aliphatic carbocycles. The lowest BCUT2D eigenvalue weighted by atomic mass is 10.2. The predicted molar refractivity (Wildman–Crippen MR) is 64.4 cm³/mol. The molecule has 0 saturated carbocycles. The molecule has 86 valence electrons. The molecule has 4 N–H and O–H groups in total. The molecule has 0 saturated heterocycles. The number of rotatable bonds is 1. The zero-order chi connectivity index (χ0) is 11.8. The summed E-state index contributed by atoms with van der Waals surface area (Å²) in [4.78, 5) is 16.5. The molecule has 3 heterocycles. The van der Waals surface area contributed by atoms with Gasteiger partial charge in [0.25, 0.3) is 0 Å². The molecule has 0 spiro atoms. The maximum Gasteiger partial charge on any atom is 0.196 e. The summed E-state index contributed by atoms with van der Waals surface area (Å²) in [7, 11) is 0. The highest BCUT2D eigenvalue weighted by Crippen LogP contribution is 2.20. The molecular weight excluding hydrogens is 220 g/mol. The zero-order valence-corrected chi connectivity index (χ0v) is 8.82. The largest absolute Gasteiger partial charge is 0.467 e. The van der Waals surface area contributed by atoms with Crippen LogP contribution in [0.4, 0.5) is 0 Å². The van der Waals surface area contributed by atoms with Crippen molar-refractivity contribution in [1.29, 1.82) is 0 Å². The summed E-state index contributed by atoms with van der Waals surface area (Å²) in [5.74, 6) is 1.38. The summed E-state index contributed by atoms with van der Waals surface area (Å²) < 4.78 is 5.27. The van der Waals surface area contributed by atoms with Crippen molar-refractivity contribution in [2.75, 3.05) is 0 Å². The van der Waals surface area contributed by atoms with Gasteiger partial charge < -0.3 is 10.2 Å². The van der Waals surface area contributed by atoms with E-state index in [0.717, 1.165) is 0 Å². The topological polar surface area (TPSA) is 115 Å². The van der Waals surface area contributed by atoms with Crippen LogP contribution >= 0.6 is 0 Å². The fraction of sp³-hybridized carbons (Fsp3) is 0.200. The molecule has 0 radical (unpaired) electrons. The molecule has 17 heavy (non-hydrogen) atoms. The van der Waals surface area contributed by atoms with Crippen molar-refractivity contribution in [1.82, 2.24) is 0 Å². The van der Waals surface area contributed by atoms with Gasteiger partial charge in [-0.15, -0.1) is 0 Å². The van der Waals surface area contributed by atoms with Crippen molar-refractivity contribution in [3.05, 3.63) is 24.2 Å². The number of hydrogen-bond acceptors (Lipinski definition) is 7. The Kier molecular flexibility index (Phi) is 2.12. The Morgan fingerprint density at radius 2 is 2.12 bits per heavy atom. The standard InChI is InChI=1S/C10H10N6O/c11-8-7-9(16-10(12)15-8)13-4-5(14-7)6-2-1-3-17-6/h1-5,10H,12H2,(H2,11,15). The van der Waals surface area contributed by atoms with Gasteiger partial charge in [0.05, 0.1) is 6.26 Å². The minimum absolute atomic E-state index is 0.260. The number of furan rings is 1. The van der Waals surface area contributed by atoms with E-state index in [1.807, 2.05) is 6.07 Å². The normalized spacial score (nSPS) is 27.0. The van der Waals surface area contributed by atoms with Crippen molar-refractivity contribution in [2.45, 2.75) is 12.3 Å². The second kappa shape index (κ2) is 3.63. The van der Waals surface area contributed by atoms with Crippen molar-refractivity contribution in [3.8, 4) is 0 Å². The van der Waals surface area contributed by atoms with Gasteiger partial charge in [-0.3, -0.25) is 10.7 Å². The van der Waals surface area contributed by atoms with Gasteiger partial charge in [0.1, 0.15) is 17.5 Å². The lowest BCUT2D eigenvalue weighted by Gasteiger charge is -2.18. The minimum atomic E-state index is -0.693. The van der Waals surface area contributed by atoms with E-state index >= 15 is 0 Å². The zero-order valence-electron chi connectivity index (χ0n) is 8.82. The van der Waals surface area contributed by atoms with Crippen molar-refractivity contribution < 1.29 is 4.42 Å². The first-order valence-electron chi connectivity index (χ1n) is 5.07. The van der Waals surface area contributed by atoms with Crippen LogP contribution in [0.25, 0.3) is 0 Å². The Labute approximate surface area is 96.7 Å². The third-order valence-corrected chi connectivity index (χ3v) is 2.42. The van der Waals surface area contributed by atoms with Gasteiger partial charge >= 0.3 is 0 Å². The Bertz CT molecular complexity index is 553. The maximum atomic E-state index is 5.75. The number of aliphatic imine (C=N–C) groups is 4. The Balaban J connectivity index is 1.99. The first-order valence-corrected chi connectivity index (χ1v) is 5.07. The molecule has 7 heteroatoms. The molecule has 7 nitrogen and oxygen atoms in total. The quantitative estimate of drug-likeness (QED) is 0.699. The average molecular weight is 230 g/mol. The van der Waals surface area contributed by atoms with Crippen LogP contribution in [0.5, 0.6) is 0 Å². The summed E-state index contributed by atoms with van der Waals surface area (Å²) in [6.45, 7) is 0. The first kappa shape index (κ1) is 9.91. The van der Waals surface area contributed by atoms with Gasteiger partial charge in [-0.1, -0.05) is 0 Å². The summed E-state index contributed by atoms with van der Waals surface area (Å²) in [6.07, 6.45) is 2.54. The van der Waals surface area contributed by atoms with E-state index in [9.17, 15) is 0 Å². The summed E-state index contributed by atoms with van der Waals surface area (Å²) in [5, 5.41) is 0. The van der Waals surface area contributed by atoms with E-state index in [0.29, 0.717) is 17.3 Å². The highest BCUT2D eigenvalue weighted by molar-refractivity contribution is 6.69. The summed E-state index contributed by atoms with van der Waals surface area (Å²) in [5.41, 5.74) is 11.8. The summed E-state index contributed by atoms with van der Waals surface area (Å²) in [6, 6.07) is 3.33. The Morgan fingerprint density at radius 3 is 2.88 bits per heavy atom. The predicted octanol–water partition coefficient (Wildman–Crippen LogP) is -0.142. The molecule has 0 aromatic carbocycles. The van der Waals surface area contributed by atoms with E-state index < -0.39 is 6.29 Å². The van der Waals surface area contributed by atoms with E-state index in [4.69, 9.17) is 15.9 Å². The van der Waals surface area contributed by atoms with Gasteiger partial charge in [-0.2, -0.15) is 0 Å². The van der Waals surface area contributed by atoms with Crippen LogP contribution in [0.15, 0.2) is 42.8 Å². The van der Waals surface area contributed by atoms with Crippen molar-refractivity contribution >= 4 is 23.6 Å². The molecule has 0 bridgehead atoms. The third-order valence-electron chi connectivity index (χ3n) is 2.42. The highest BCUT2D eigenvalue weighted by atomic mass is 16.3. The fourth-order valence-corrected chi connectivity index (χ4v) is 1.66. The summed E-state index contributed by atoms with van der Waals surface area (Å²) >= 11 is 0. The van der Waals surface area contributed by atoms with Crippen LogP contribution in [-0.2, 0) is 0 Å². The SMILES string of the molecule is NC1=NC(N)N=C2N=CC(c3ccco3)N=C12. The second-order valence-electron chi connectivity index (χ2n) is 3.60. The van der Waals surface area contributed by atoms with Crippen LogP contribution in [0.2, 0.25) is 0 Å². The number of nitrogens with two attached hydrogens (primary N) is 2. The van der Waals surface area contributed by atoms with Crippen LogP contribution in [0.3, 0.4) is 0 Å². The lowest BCUT2D eigenvalue weighted by Crippen LogP contribution is -2.40. The van der Waals surface area contributed by atoms with E-state index in [1.165, 1.54) is 0 Å². The van der Waals surface area contributed by atoms with Crippen molar-refractivity contribution in [3.63, 3.8) is 0 Å². The first-order chi connectivity index (χ1) is 8.24. The van der Waals surface area contributed by atoms with E-state index in [1.54, 1.807) is 18.5 Å². The third kappa shape index (κ3) is 1.66. The van der Waals surface area contributed by atoms with Gasteiger partial charge in [0.2, 0.25) is 0 Å². The molecule has 1 aromatic heterocycles. The molecule has 2 aliphatic rings. The fourth-order valence-electron chi connectivity index (χ4n) is 1.66. The van der Waals surface area contributed by atoms with Crippen molar-refractivity contribution in [2.24, 2.45) is 31.4 Å². The number of hydrogen-bond donors (Lipinski definition) is 2. The molecule has 3 rings (SSSR count). The minimum Gasteiger partial charge on any atom is -0.467 e. The monoisotopic (exact) mass is 230 g/mol. The van der Waals surface area contributed by atoms with Gasteiger partial charge in [0.15, 0.2) is 18.0 Å². The second-order valence-corrected chi connectivity index (χ2v) is 3.60. The van der Waals surface area contributed by atoms with Gasteiger partial charge in [0, 0.05) is 6.21 Å². The molecule has 1 aromatic rings. The molecule has 0 amide bonds. The molecule has 2 atom stereocenters. The van der Waals surface area contributed by atoms with Crippen LogP contribution < -0.4 is 11.5 Å². The maximum absolute atomic E-state index is 5.75. The smallest absolute Gasteiger partial charge is 0.196 e. The average Bonchev–Trinajstić information content (AvgIpc) is 2.82. The highest BCUT2D eigenvalue weighted by Gasteiger charge is 2.25. The van der Waals surface area contributed by atoms with E-state index in [2.05, 4.69) is 20.0 Å². The van der Waals surface area contributed by atoms with Crippen LogP contribution in [-0.4, -0.2) is 29.9 Å². The number of fused-ring (bicyclic) bond motifs is 1. The Hall–Kier alpha value is -2.28. The lowest BCUT2D eigenvalue weighted by molar-refractivity contribution is 0.503. The molecular formula is C10H10N6O. The number of nitrogens with zero attached hydrogens (tertiary/aromatic N) is 4. The van der Waals surface area contributed by atoms with E-state index in [-0.39, 0.29) is 11.9 Å².